The molecule has 0 spiro atoms. The predicted octanol–water partition coefficient (Wildman–Crippen LogP) is -0.109. The number of nitrogens with zero attached hydrogens (tertiary/aromatic N) is 4. The van der Waals surface area contributed by atoms with E-state index in [-0.39, 0.29) is 24.8 Å². The van der Waals surface area contributed by atoms with E-state index >= 15 is 0 Å². The third kappa shape index (κ3) is 2.19. The lowest BCUT2D eigenvalue weighted by molar-refractivity contribution is -0.0469. The molecule has 3 unspecified atom stereocenters. The molecular weight excluding hydrogens is 316 g/mol. The van der Waals surface area contributed by atoms with E-state index in [0.717, 1.165) is 0 Å². The van der Waals surface area contributed by atoms with Gasteiger partial charge >= 0.3 is 0 Å². The summed E-state index contributed by atoms with van der Waals surface area (Å²) in [4.78, 5) is 8.19. The van der Waals surface area contributed by atoms with Crippen LogP contribution < -0.4 is 11.5 Å². The highest BCUT2D eigenvalue weighted by Crippen LogP contribution is 2.36. The monoisotopic (exact) mass is 332 g/mol. The zero-order valence-corrected chi connectivity index (χ0v) is 12.5. The van der Waals surface area contributed by atoms with Crippen LogP contribution in [0.15, 0.2) is 22.8 Å². The number of anilines is 2. The van der Waals surface area contributed by atoms with Crippen LogP contribution in [0.5, 0.6) is 0 Å². The molecule has 1 fully saturated rings. The normalized spacial score (nSPS) is 24.0. The molecule has 1 aliphatic heterocycles. The van der Waals surface area contributed by atoms with E-state index in [1.807, 2.05) is 0 Å². The second-order valence-corrected chi connectivity index (χ2v) is 5.55. The lowest BCUT2D eigenvalue weighted by Crippen LogP contribution is -2.24. The van der Waals surface area contributed by atoms with E-state index in [4.69, 9.17) is 20.6 Å². The molecule has 10 heteroatoms. The zero-order valence-electron chi connectivity index (χ0n) is 12.5. The second kappa shape index (κ2) is 5.44. The molecule has 0 radical (unpaired) electrons. The number of fused-ring (bicyclic) bond motifs is 1. The summed E-state index contributed by atoms with van der Waals surface area (Å²) in [5, 5.41) is 24.2. The Morgan fingerprint density at radius 1 is 1.33 bits per heavy atom. The highest BCUT2D eigenvalue weighted by molar-refractivity contribution is 5.97. The van der Waals surface area contributed by atoms with Crippen LogP contribution in [0.25, 0.3) is 22.5 Å². The first kappa shape index (κ1) is 14.9. The quantitative estimate of drug-likeness (QED) is 0.513. The van der Waals surface area contributed by atoms with Crippen molar-refractivity contribution in [1.29, 1.82) is 0 Å². The van der Waals surface area contributed by atoms with Crippen molar-refractivity contribution in [3.05, 3.63) is 18.4 Å². The number of hydrogen-bond donors (Lipinski definition) is 4. The summed E-state index contributed by atoms with van der Waals surface area (Å²) in [7, 11) is 0. The van der Waals surface area contributed by atoms with Crippen LogP contribution >= 0.6 is 0 Å². The third-order valence-electron chi connectivity index (χ3n) is 4.01. The highest BCUT2D eigenvalue weighted by Gasteiger charge is 2.37. The van der Waals surface area contributed by atoms with Gasteiger partial charge in [-0.05, 0) is 12.1 Å². The van der Waals surface area contributed by atoms with Gasteiger partial charge in [-0.3, -0.25) is 0 Å². The van der Waals surface area contributed by atoms with Crippen LogP contribution in [0.4, 0.5) is 11.8 Å². The maximum atomic E-state index is 9.97. The number of aromatic nitrogens is 4. The van der Waals surface area contributed by atoms with Crippen molar-refractivity contribution >= 4 is 22.8 Å². The minimum absolute atomic E-state index is 0.00407. The van der Waals surface area contributed by atoms with Crippen LogP contribution in [0.2, 0.25) is 0 Å². The molecule has 126 valence electrons. The van der Waals surface area contributed by atoms with Crippen molar-refractivity contribution in [3.63, 3.8) is 0 Å². The molecule has 0 bridgehead atoms. The number of furan rings is 1. The van der Waals surface area contributed by atoms with E-state index in [1.165, 1.54) is 10.9 Å². The molecule has 3 aromatic heterocycles. The fourth-order valence-corrected chi connectivity index (χ4v) is 2.90. The molecule has 10 nitrogen and oxygen atoms in total. The molecule has 3 atom stereocenters. The lowest BCUT2D eigenvalue weighted by atomic mass is 10.2. The van der Waals surface area contributed by atoms with Gasteiger partial charge in [-0.1, -0.05) is 0 Å². The van der Waals surface area contributed by atoms with Gasteiger partial charge < -0.3 is 30.8 Å². The van der Waals surface area contributed by atoms with Crippen molar-refractivity contribution in [1.82, 2.24) is 19.7 Å². The van der Waals surface area contributed by atoms with Gasteiger partial charge in [-0.2, -0.15) is 15.1 Å². The minimum Gasteiger partial charge on any atom is -0.463 e. The largest absolute Gasteiger partial charge is 0.463 e. The third-order valence-corrected chi connectivity index (χ3v) is 4.01. The summed E-state index contributed by atoms with van der Waals surface area (Å²) in [5.74, 6) is 0.674. The first-order chi connectivity index (χ1) is 11.6. The molecule has 1 saturated heterocycles. The molecule has 0 aliphatic carbocycles. The number of nitrogens with two attached hydrogens (primary N) is 2. The van der Waals surface area contributed by atoms with Gasteiger partial charge in [0, 0.05) is 6.42 Å². The van der Waals surface area contributed by atoms with E-state index in [2.05, 4.69) is 15.1 Å². The number of aliphatic hydroxyl groups is 2. The zero-order chi connectivity index (χ0) is 16.8. The molecular formula is C14H16N6O4. The molecule has 0 saturated carbocycles. The van der Waals surface area contributed by atoms with Gasteiger partial charge in [0.2, 0.25) is 5.95 Å². The summed E-state index contributed by atoms with van der Waals surface area (Å²) < 4.78 is 12.5. The fourth-order valence-electron chi connectivity index (χ4n) is 2.90. The Balaban J connectivity index is 1.90. The molecule has 6 N–H and O–H groups in total. The van der Waals surface area contributed by atoms with E-state index in [9.17, 15) is 10.2 Å². The van der Waals surface area contributed by atoms with Crippen LogP contribution in [0.1, 0.15) is 12.6 Å². The number of ether oxygens (including phenoxy) is 1. The van der Waals surface area contributed by atoms with Gasteiger partial charge in [-0.15, -0.1) is 0 Å². The smallest absolute Gasteiger partial charge is 0.224 e. The Morgan fingerprint density at radius 3 is 2.83 bits per heavy atom. The molecule has 4 heterocycles. The summed E-state index contributed by atoms with van der Waals surface area (Å²) >= 11 is 0. The summed E-state index contributed by atoms with van der Waals surface area (Å²) in [6.45, 7) is -0.291. The topological polar surface area (TPSA) is 158 Å². The maximum absolute atomic E-state index is 9.97. The average molecular weight is 332 g/mol. The minimum atomic E-state index is -0.803. The lowest BCUT2D eigenvalue weighted by Gasteiger charge is -2.12. The van der Waals surface area contributed by atoms with Gasteiger partial charge in [0.1, 0.15) is 17.6 Å². The number of aliphatic hydroxyl groups excluding tert-OH is 2. The highest BCUT2D eigenvalue weighted by atomic mass is 16.5. The Kier molecular flexibility index (Phi) is 3.37. The van der Waals surface area contributed by atoms with Crippen LogP contribution in [0.3, 0.4) is 0 Å². The fraction of sp³-hybridized carbons (Fsp3) is 0.357. The molecule has 0 aromatic carbocycles. The Morgan fingerprint density at radius 2 is 2.17 bits per heavy atom. The summed E-state index contributed by atoms with van der Waals surface area (Å²) in [5.41, 5.74) is 12.5. The van der Waals surface area contributed by atoms with Gasteiger partial charge in [0.15, 0.2) is 17.6 Å². The molecule has 24 heavy (non-hydrogen) atoms. The van der Waals surface area contributed by atoms with Crippen molar-refractivity contribution in [2.24, 2.45) is 0 Å². The molecule has 1 aliphatic rings. The number of hydrogen-bond acceptors (Lipinski definition) is 9. The Bertz CT molecular complexity index is 877. The van der Waals surface area contributed by atoms with Crippen LogP contribution in [0, 0.1) is 0 Å². The standard InChI is InChI=1S/C14H16N6O4/c15-12-10-11(7-2-1-3-23-7)19-20(13(10)18-14(16)17-12)9-4-6(22)8(5-21)24-9/h1-3,6,8-9,21-22H,4-5H2,(H4,15,16,17,18). The summed E-state index contributed by atoms with van der Waals surface area (Å²) in [6.07, 6.45) is -0.326. The Labute approximate surface area is 135 Å². The second-order valence-electron chi connectivity index (χ2n) is 5.55. The van der Waals surface area contributed by atoms with E-state index in [0.29, 0.717) is 22.5 Å². The first-order valence-corrected chi connectivity index (χ1v) is 7.38. The maximum Gasteiger partial charge on any atom is 0.224 e. The van der Waals surface area contributed by atoms with E-state index in [1.54, 1.807) is 12.1 Å². The van der Waals surface area contributed by atoms with Crippen molar-refractivity contribution in [2.75, 3.05) is 18.1 Å². The van der Waals surface area contributed by atoms with Gasteiger partial charge in [-0.25, -0.2) is 4.68 Å². The van der Waals surface area contributed by atoms with Crippen molar-refractivity contribution in [3.8, 4) is 11.5 Å². The number of nitrogen functional groups attached to an aromatic ring is 2. The predicted molar refractivity (Wildman–Crippen MR) is 83.5 cm³/mol. The number of rotatable bonds is 3. The molecule has 3 aromatic rings. The SMILES string of the molecule is Nc1nc(N)c2c(-c3ccco3)nn(C3CC(O)C(CO)O3)c2n1. The Hall–Kier alpha value is -2.69. The van der Waals surface area contributed by atoms with Crippen molar-refractivity contribution < 1.29 is 19.4 Å². The first-order valence-electron chi connectivity index (χ1n) is 7.38. The van der Waals surface area contributed by atoms with E-state index < -0.39 is 18.4 Å². The average Bonchev–Trinajstić information content (AvgIpc) is 3.24. The van der Waals surface area contributed by atoms with Crippen LogP contribution in [-0.4, -0.2) is 48.8 Å². The molecule has 0 amide bonds. The van der Waals surface area contributed by atoms with Crippen LogP contribution in [-0.2, 0) is 4.74 Å². The summed E-state index contributed by atoms with van der Waals surface area (Å²) in [6, 6.07) is 3.47. The van der Waals surface area contributed by atoms with Gasteiger partial charge in [0.05, 0.1) is 24.4 Å². The molecule has 4 rings (SSSR count). The van der Waals surface area contributed by atoms with Crippen molar-refractivity contribution in [2.45, 2.75) is 24.9 Å². The van der Waals surface area contributed by atoms with Gasteiger partial charge in [0.25, 0.3) is 0 Å².